The molecule has 4 nitrogen and oxygen atoms in total. The molecule has 6 heteroatoms. The van der Waals surface area contributed by atoms with Gasteiger partial charge in [-0.1, -0.05) is 18.2 Å². The predicted molar refractivity (Wildman–Crippen MR) is 104 cm³/mol. The monoisotopic (exact) mass is 375 g/mol. The number of hydrogen-bond acceptors (Lipinski definition) is 4. The van der Waals surface area contributed by atoms with Crippen LogP contribution in [0.15, 0.2) is 52.3 Å². The van der Waals surface area contributed by atoms with Gasteiger partial charge in [0.1, 0.15) is 0 Å². The van der Waals surface area contributed by atoms with Crippen molar-refractivity contribution >= 4 is 35.4 Å². The van der Waals surface area contributed by atoms with Crippen molar-refractivity contribution in [3.05, 3.63) is 59.2 Å². The number of hydrogen-bond donors (Lipinski definition) is 2. The Morgan fingerprint density at radius 2 is 1.64 bits per heavy atom. The third kappa shape index (κ3) is 5.28. The van der Waals surface area contributed by atoms with E-state index < -0.39 is 12.0 Å². The molecular weight excluding hydrogens is 354 g/mol. The molecule has 0 bridgehead atoms. The number of aryl methyl sites for hydroxylation is 1. The first-order valence-electron chi connectivity index (χ1n) is 7.76. The third-order valence-corrected chi connectivity index (χ3v) is 5.36. The van der Waals surface area contributed by atoms with Crippen LogP contribution in [0.5, 0.6) is 0 Å². The summed E-state index contributed by atoms with van der Waals surface area (Å²) in [6.45, 7) is 1.87. The number of benzene rings is 2. The Morgan fingerprint density at radius 1 is 1.04 bits per heavy atom. The fourth-order valence-corrected chi connectivity index (χ4v) is 3.32. The molecule has 2 N–H and O–H groups in total. The Hall–Kier alpha value is -1.92. The fraction of sp³-hybridized carbons (Fsp3) is 0.263. The van der Waals surface area contributed by atoms with Gasteiger partial charge in [0.2, 0.25) is 0 Å². The van der Waals surface area contributed by atoms with Crippen molar-refractivity contribution in [2.45, 2.75) is 29.2 Å². The van der Waals surface area contributed by atoms with Crippen LogP contribution >= 0.6 is 23.5 Å². The van der Waals surface area contributed by atoms with E-state index in [1.807, 2.05) is 61.9 Å². The molecule has 1 atom stereocenters. The minimum absolute atomic E-state index is 0.161. The van der Waals surface area contributed by atoms with Gasteiger partial charge in [-0.15, -0.1) is 23.5 Å². The van der Waals surface area contributed by atoms with Gasteiger partial charge >= 0.3 is 5.97 Å². The van der Waals surface area contributed by atoms with Crippen LogP contribution in [0.2, 0.25) is 0 Å². The molecule has 1 amide bonds. The van der Waals surface area contributed by atoms with E-state index in [4.69, 9.17) is 0 Å². The highest BCUT2D eigenvalue weighted by atomic mass is 32.2. The van der Waals surface area contributed by atoms with Crippen LogP contribution in [-0.4, -0.2) is 29.5 Å². The maximum absolute atomic E-state index is 12.7. The Morgan fingerprint density at radius 3 is 2.20 bits per heavy atom. The molecule has 1 unspecified atom stereocenters. The molecule has 0 saturated heterocycles. The van der Waals surface area contributed by atoms with Crippen molar-refractivity contribution in [1.29, 1.82) is 0 Å². The van der Waals surface area contributed by atoms with Gasteiger partial charge in [0.25, 0.3) is 5.91 Å². The summed E-state index contributed by atoms with van der Waals surface area (Å²) >= 11 is 3.18. The average Bonchev–Trinajstić information content (AvgIpc) is 2.61. The van der Waals surface area contributed by atoms with E-state index in [9.17, 15) is 14.7 Å². The predicted octanol–water partition coefficient (Wildman–Crippen LogP) is 4.38. The summed E-state index contributed by atoms with van der Waals surface area (Å²) in [5.74, 6) is -1.21. The number of carbonyl (C=O) groups is 2. The van der Waals surface area contributed by atoms with Crippen molar-refractivity contribution in [1.82, 2.24) is 5.32 Å². The van der Waals surface area contributed by atoms with Crippen molar-refractivity contribution in [3.63, 3.8) is 0 Å². The minimum atomic E-state index is -0.950. The second-order valence-corrected chi connectivity index (χ2v) is 7.34. The molecule has 2 aromatic rings. The maximum Gasteiger partial charge on any atom is 0.305 e. The number of rotatable bonds is 7. The lowest BCUT2D eigenvalue weighted by atomic mass is 10.0. The normalized spacial score (nSPS) is 11.8. The lowest BCUT2D eigenvalue weighted by Gasteiger charge is -2.19. The van der Waals surface area contributed by atoms with E-state index in [1.165, 1.54) is 0 Å². The third-order valence-electron chi connectivity index (χ3n) is 3.89. The highest BCUT2D eigenvalue weighted by Gasteiger charge is 2.20. The van der Waals surface area contributed by atoms with Crippen molar-refractivity contribution in [2.75, 3.05) is 12.5 Å². The van der Waals surface area contributed by atoms with Gasteiger partial charge in [-0.3, -0.25) is 9.59 Å². The van der Waals surface area contributed by atoms with Crippen molar-refractivity contribution < 1.29 is 14.7 Å². The second-order valence-electron chi connectivity index (χ2n) is 5.58. The van der Waals surface area contributed by atoms with Crippen molar-refractivity contribution in [2.24, 2.45) is 0 Å². The molecule has 2 aromatic carbocycles. The molecule has 2 rings (SSSR count). The summed E-state index contributed by atoms with van der Waals surface area (Å²) in [5.41, 5.74) is 2.22. The Kier molecular flexibility index (Phi) is 6.96. The molecule has 25 heavy (non-hydrogen) atoms. The van der Waals surface area contributed by atoms with E-state index in [0.29, 0.717) is 5.56 Å². The zero-order chi connectivity index (χ0) is 18.4. The van der Waals surface area contributed by atoms with E-state index in [-0.39, 0.29) is 12.3 Å². The van der Waals surface area contributed by atoms with Crippen LogP contribution in [0, 0.1) is 6.92 Å². The van der Waals surface area contributed by atoms with E-state index in [1.54, 1.807) is 23.5 Å². The van der Waals surface area contributed by atoms with Gasteiger partial charge in [-0.2, -0.15) is 0 Å². The number of aliphatic carboxylic acids is 1. The minimum Gasteiger partial charge on any atom is -0.481 e. The number of carbonyl (C=O) groups excluding carboxylic acids is 1. The first-order chi connectivity index (χ1) is 11.9. The summed E-state index contributed by atoms with van der Waals surface area (Å²) in [6.07, 6.45) is 3.77. The van der Waals surface area contributed by atoms with Crippen LogP contribution < -0.4 is 5.32 Å². The smallest absolute Gasteiger partial charge is 0.305 e. The van der Waals surface area contributed by atoms with Gasteiger partial charge < -0.3 is 10.4 Å². The molecule has 0 aliphatic rings. The molecule has 0 saturated carbocycles. The molecule has 0 spiro atoms. The van der Waals surface area contributed by atoms with E-state index in [0.717, 1.165) is 20.9 Å². The summed E-state index contributed by atoms with van der Waals surface area (Å²) < 4.78 is 0. The lowest BCUT2D eigenvalue weighted by molar-refractivity contribution is -0.137. The van der Waals surface area contributed by atoms with Crippen LogP contribution in [-0.2, 0) is 4.79 Å². The highest BCUT2D eigenvalue weighted by molar-refractivity contribution is 7.98. The van der Waals surface area contributed by atoms with Crippen LogP contribution in [0.3, 0.4) is 0 Å². The summed E-state index contributed by atoms with van der Waals surface area (Å²) in [6, 6.07) is 12.7. The number of amides is 1. The topological polar surface area (TPSA) is 66.4 Å². The van der Waals surface area contributed by atoms with Crippen LogP contribution in [0.1, 0.15) is 33.9 Å². The molecule has 0 aliphatic carbocycles. The van der Waals surface area contributed by atoms with E-state index >= 15 is 0 Å². The standard InChI is InChI=1S/C19H21NO3S2/c1-12-4-7-15(25-3)10-16(12)19(23)20-17(11-18(21)22)13-5-8-14(24-2)9-6-13/h4-10,17H,11H2,1-3H3,(H,20,23)(H,21,22). The summed E-state index contributed by atoms with van der Waals surface area (Å²) in [4.78, 5) is 26.0. The number of thioether (sulfide) groups is 2. The summed E-state index contributed by atoms with van der Waals surface area (Å²) in [7, 11) is 0. The zero-order valence-electron chi connectivity index (χ0n) is 14.4. The number of carboxylic acids is 1. The molecule has 0 aliphatic heterocycles. The zero-order valence-corrected chi connectivity index (χ0v) is 16.0. The van der Waals surface area contributed by atoms with Gasteiger partial charge in [0, 0.05) is 15.4 Å². The fourth-order valence-electron chi connectivity index (χ4n) is 2.47. The lowest BCUT2D eigenvalue weighted by Crippen LogP contribution is -2.30. The highest BCUT2D eigenvalue weighted by Crippen LogP contribution is 2.23. The first kappa shape index (κ1) is 19.4. The molecular formula is C19H21NO3S2. The second kappa shape index (κ2) is 8.97. The van der Waals surface area contributed by atoms with E-state index in [2.05, 4.69) is 5.32 Å². The first-order valence-corrected chi connectivity index (χ1v) is 10.2. The number of carboxylic acid groups (broad SMARTS) is 1. The largest absolute Gasteiger partial charge is 0.481 e. The molecule has 132 valence electrons. The van der Waals surface area contributed by atoms with Crippen LogP contribution in [0.25, 0.3) is 0 Å². The Balaban J connectivity index is 2.26. The van der Waals surface area contributed by atoms with Gasteiger partial charge in [0.05, 0.1) is 12.5 Å². The Bertz CT molecular complexity index is 760. The summed E-state index contributed by atoms with van der Waals surface area (Å²) in [5, 5.41) is 12.1. The SMILES string of the molecule is CSc1ccc(C(CC(=O)O)NC(=O)c2cc(SC)ccc2C)cc1. The maximum atomic E-state index is 12.7. The Labute approximate surface area is 156 Å². The van der Waals surface area contributed by atoms with Crippen molar-refractivity contribution in [3.8, 4) is 0 Å². The average molecular weight is 376 g/mol. The van der Waals surface area contributed by atoms with Gasteiger partial charge in [0.15, 0.2) is 0 Å². The quantitative estimate of drug-likeness (QED) is 0.703. The molecule has 0 aromatic heterocycles. The molecule has 0 radical (unpaired) electrons. The molecule has 0 heterocycles. The molecule has 0 fully saturated rings. The van der Waals surface area contributed by atoms with Gasteiger partial charge in [-0.05, 0) is 54.8 Å². The van der Waals surface area contributed by atoms with Gasteiger partial charge in [-0.25, -0.2) is 0 Å². The number of nitrogens with one attached hydrogen (secondary N) is 1. The van der Waals surface area contributed by atoms with Crippen LogP contribution in [0.4, 0.5) is 0 Å².